The van der Waals surface area contributed by atoms with Crippen molar-refractivity contribution in [2.24, 2.45) is 0 Å². The Labute approximate surface area is 180 Å². The molecule has 2 aromatic heterocycles. The maximum atomic E-state index is 15.0. The Balaban J connectivity index is 1.90. The van der Waals surface area contributed by atoms with Crippen LogP contribution in [0.2, 0.25) is 5.15 Å². The van der Waals surface area contributed by atoms with Crippen LogP contribution < -0.4 is 0 Å². The number of rotatable bonds is 3. The minimum absolute atomic E-state index is 0.252. The maximum absolute atomic E-state index is 15.0. The summed E-state index contributed by atoms with van der Waals surface area (Å²) in [6.45, 7) is 8.35. The zero-order chi connectivity index (χ0) is 21.5. The largest absolute Gasteiger partial charge is 0.378 e. The number of hydrogen-bond acceptors (Lipinski definition) is 3. The van der Waals surface area contributed by atoms with Crippen molar-refractivity contribution in [3.05, 3.63) is 41.1 Å². The van der Waals surface area contributed by atoms with Gasteiger partial charge in [0, 0.05) is 35.3 Å². The van der Waals surface area contributed by atoms with Gasteiger partial charge in [0.2, 0.25) is 0 Å². The van der Waals surface area contributed by atoms with Crippen LogP contribution in [-0.4, -0.2) is 50.0 Å². The van der Waals surface area contributed by atoms with Crippen LogP contribution in [0.4, 0.5) is 4.39 Å². The molecule has 1 aliphatic heterocycles. The summed E-state index contributed by atoms with van der Waals surface area (Å²) < 4.78 is 17.1. The number of likely N-dealkylation sites (N-methyl/N-ethyl adjacent to an activating group) is 1. The second-order valence-corrected chi connectivity index (χ2v) is 8.77. The molecular formula is C23H26ClFN4O. The van der Waals surface area contributed by atoms with Crippen LogP contribution in [0.1, 0.15) is 45.2 Å². The third kappa shape index (κ3) is 4.11. The summed E-state index contributed by atoms with van der Waals surface area (Å²) in [6, 6.07) is 3.55. The predicted octanol–water partition coefficient (Wildman–Crippen LogP) is 4.60. The van der Waals surface area contributed by atoms with Gasteiger partial charge in [-0.25, -0.2) is 4.39 Å². The number of aliphatic hydroxyl groups is 1. The highest BCUT2D eigenvalue weighted by molar-refractivity contribution is 6.32. The number of H-pyrrole nitrogens is 1. The van der Waals surface area contributed by atoms with Crippen molar-refractivity contribution >= 4 is 22.5 Å². The molecule has 30 heavy (non-hydrogen) atoms. The Kier molecular flexibility index (Phi) is 5.63. The molecule has 0 radical (unpaired) electrons. The van der Waals surface area contributed by atoms with E-state index in [9.17, 15) is 9.50 Å². The average Bonchev–Trinajstić information content (AvgIpc) is 3.28. The predicted molar refractivity (Wildman–Crippen MR) is 118 cm³/mol. The van der Waals surface area contributed by atoms with E-state index in [0.29, 0.717) is 5.15 Å². The molecule has 4 rings (SSSR count). The van der Waals surface area contributed by atoms with E-state index >= 15 is 0 Å². The highest BCUT2D eigenvalue weighted by Gasteiger charge is 2.24. The molecule has 158 valence electrons. The summed E-state index contributed by atoms with van der Waals surface area (Å²) in [4.78, 5) is 2.42. The second-order valence-electron chi connectivity index (χ2n) is 8.40. The molecule has 2 N–H and O–H groups in total. The third-order valence-electron chi connectivity index (χ3n) is 5.63. The molecule has 1 saturated heterocycles. The van der Waals surface area contributed by atoms with Gasteiger partial charge in [-0.3, -0.25) is 5.10 Å². The van der Waals surface area contributed by atoms with Crippen molar-refractivity contribution < 1.29 is 9.50 Å². The van der Waals surface area contributed by atoms with Gasteiger partial charge >= 0.3 is 0 Å². The molecule has 3 aromatic rings. The SMILES string of the molecule is CCN1CCCC(n2cc(-c3cn[nH]c3Cl)c3cc(C#CC(C)(C)O)c(F)cc32)C1. The van der Waals surface area contributed by atoms with E-state index in [-0.39, 0.29) is 11.6 Å². The van der Waals surface area contributed by atoms with Crippen LogP contribution in [0.5, 0.6) is 0 Å². The van der Waals surface area contributed by atoms with Gasteiger partial charge in [0.05, 0.1) is 17.3 Å². The summed E-state index contributed by atoms with van der Waals surface area (Å²) in [7, 11) is 0. The highest BCUT2D eigenvalue weighted by Crippen LogP contribution is 2.38. The molecule has 1 aromatic carbocycles. The fraction of sp³-hybridized carbons (Fsp3) is 0.435. The number of halogens is 2. The van der Waals surface area contributed by atoms with Crippen molar-refractivity contribution in [3.63, 3.8) is 0 Å². The summed E-state index contributed by atoms with van der Waals surface area (Å²) in [5.41, 5.74) is 1.54. The van der Waals surface area contributed by atoms with Crippen molar-refractivity contribution in [2.75, 3.05) is 19.6 Å². The molecule has 0 aliphatic carbocycles. The summed E-state index contributed by atoms with van der Waals surface area (Å²) in [6.07, 6.45) is 5.89. The quantitative estimate of drug-likeness (QED) is 0.599. The van der Waals surface area contributed by atoms with E-state index in [1.165, 1.54) is 0 Å². The van der Waals surface area contributed by atoms with Crippen LogP contribution in [-0.2, 0) is 0 Å². The normalized spacial score (nSPS) is 17.9. The lowest BCUT2D eigenvalue weighted by molar-refractivity contribution is 0.143. The molecule has 0 saturated carbocycles. The molecule has 5 nitrogen and oxygen atoms in total. The van der Waals surface area contributed by atoms with Crippen molar-refractivity contribution in [1.82, 2.24) is 19.7 Å². The Hall–Kier alpha value is -2.33. The highest BCUT2D eigenvalue weighted by atomic mass is 35.5. The molecule has 1 fully saturated rings. The molecule has 3 heterocycles. The number of aromatic nitrogens is 3. The standard InChI is InChI=1S/C23H26ClFN4O/c1-4-28-9-5-6-16(13-28)29-14-19(18-12-26-27-22(18)24)17-10-15(7-8-23(2,3)30)20(25)11-21(17)29/h10-12,14,16,30H,4-6,9,13H2,1-3H3,(H,26,27). The number of piperidine rings is 1. The van der Waals surface area contributed by atoms with Gasteiger partial charge < -0.3 is 14.6 Å². The van der Waals surface area contributed by atoms with Gasteiger partial charge in [0.25, 0.3) is 0 Å². The van der Waals surface area contributed by atoms with E-state index in [1.54, 1.807) is 32.2 Å². The Bertz CT molecular complexity index is 1130. The Morgan fingerprint density at radius 1 is 1.37 bits per heavy atom. The van der Waals surface area contributed by atoms with Gasteiger partial charge in [0.15, 0.2) is 0 Å². The second kappa shape index (κ2) is 8.07. The molecular weight excluding hydrogens is 403 g/mol. The van der Waals surface area contributed by atoms with Gasteiger partial charge in [-0.2, -0.15) is 5.10 Å². The summed E-state index contributed by atoms with van der Waals surface area (Å²) in [5.74, 6) is 5.09. The number of likely N-dealkylation sites (tertiary alicyclic amines) is 1. The lowest BCUT2D eigenvalue weighted by Crippen LogP contribution is -2.36. The van der Waals surface area contributed by atoms with E-state index in [0.717, 1.165) is 54.5 Å². The van der Waals surface area contributed by atoms with Crippen LogP contribution >= 0.6 is 11.6 Å². The molecule has 0 bridgehead atoms. The molecule has 0 spiro atoms. The lowest BCUT2D eigenvalue weighted by atomic mass is 10.0. The van der Waals surface area contributed by atoms with Crippen molar-refractivity contribution in [3.8, 4) is 23.0 Å². The maximum Gasteiger partial charge on any atom is 0.140 e. The first-order valence-electron chi connectivity index (χ1n) is 10.3. The number of hydrogen-bond donors (Lipinski definition) is 2. The minimum atomic E-state index is -1.20. The molecule has 1 atom stereocenters. The zero-order valence-corrected chi connectivity index (χ0v) is 18.2. The summed E-state index contributed by atoms with van der Waals surface area (Å²) >= 11 is 6.34. The third-order valence-corrected chi connectivity index (χ3v) is 5.92. The van der Waals surface area contributed by atoms with E-state index in [4.69, 9.17) is 11.6 Å². The van der Waals surface area contributed by atoms with Crippen LogP contribution in [0, 0.1) is 17.7 Å². The van der Waals surface area contributed by atoms with Gasteiger partial charge in [-0.15, -0.1) is 0 Å². The molecule has 7 heteroatoms. The first-order chi connectivity index (χ1) is 14.3. The number of aromatic amines is 1. The molecule has 1 aliphatic rings. The number of nitrogens with one attached hydrogen (secondary N) is 1. The first kappa shape index (κ1) is 20.9. The van der Waals surface area contributed by atoms with E-state index in [2.05, 4.69) is 44.6 Å². The molecule has 0 amide bonds. The number of fused-ring (bicyclic) bond motifs is 1. The van der Waals surface area contributed by atoms with E-state index in [1.807, 2.05) is 0 Å². The lowest BCUT2D eigenvalue weighted by Gasteiger charge is -2.33. The monoisotopic (exact) mass is 428 g/mol. The smallest absolute Gasteiger partial charge is 0.140 e. The van der Waals surface area contributed by atoms with E-state index < -0.39 is 11.4 Å². The van der Waals surface area contributed by atoms with Crippen molar-refractivity contribution in [2.45, 2.75) is 45.3 Å². The van der Waals surface area contributed by atoms with Crippen molar-refractivity contribution in [1.29, 1.82) is 0 Å². The van der Waals surface area contributed by atoms with Gasteiger partial charge in [-0.05, 0) is 51.9 Å². The Morgan fingerprint density at radius 3 is 2.83 bits per heavy atom. The fourth-order valence-corrected chi connectivity index (χ4v) is 4.31. The number of benzene rings is 1. The summed E-state index contributed by atoms with van der Waals surface area (Å²) in [5, 5.41) is 18.0. The number of nitrogens with zero attached hydrogens (tertiary/aromatic N) is 3. The van der Waals surface area contributed by atoms with Crippen LogP contribution in [0.3, 0.4) is 0 Å². The fourth-order valence-electron chi connectivity index (χ4n) is 4.11. The molecule has 1 unspecified atom stereocenters. The average molecular weight is 429 g/mol. The topological polar surface area (TPSA) is 57.1 Å². The van der Waals surface area contributed by atoms with Gasteiger partial charge in [0.1, 0.15) is 16.6 Å². The Morgan fingerprint density at radius 2 is 2.17 bits per heavy atom. The van der Waals surface area contributed by atoms with Gasteiger partial charge in [-0.1, -0.05) is 30.4 Å². The zero-order valence-electron chi connectivity index (χ0n) is 17.5. The first-order valence-corrected chi connectivity index (χ1v) is 10.7. The van der Waals surface area contributed by atoms with Crippen LogP contribution in [0.15, 0.2) is 24.5 Å². The van der Waals surface area contributed by atoms with Crippen LogP contribution in [0.25, 0.3) is 22.0 Å². The minimum Gasteiger partial charge on any atom is -0.378 e.